The summed E-state index contributed by atoms with van der Waals surface area (Å²) >= 11 is 12.0. The second-order valence-corrected chi connectivity index (χ2v) is 4.67. The zero-order chi connectivity index (χ0) is 13.3. The minimum atomic E-state index is -0.502. The predicted molar refractivity (Wildman–Crippen MR) is 68.1 cm³/mol. The Labute approximate surface area is 114 Å². The summed E-state index contributed by atoms with van der Waals surface area (Å²) < 4.78 is 11.0. The van der Waals surface area contributed by atoms with E-state index >= 15 is 0 Å². The topological polar surface area (TPSA) is 55.8 Å². The predicted octanol–water partition coefficient (Wildman–Crippen LogP) is 2.72. The number of benzene rings is 1. The largest absolute Gasteiger partial charge is 0.485 e. The van der Waals surface area contributed by atoms with Crippen LogP contribution in [-0.2, 0) is 0 Å². The minimum Gasteiger partial charge on any atom is -0.485 e. The van der Waals surface area contributed by atoms with Gasteiger partial charge in [-0.15, -0.1) is 0 Å². The highest BCUT2D eigenvalue weighted by Gasteiger charge is 2.29. The van der Waals surface area contributed by atoms with Gasteiger partial charge in [0.05, 0.1) is 17.2 Å². The molecule has 0 spiro atoms. The maximum atomic E-state index is 11.8. The van der Waals surface area contributed by atoms with Crippen LogP contribution in [0.2, 0.25) is 10.0 Å². The number of ether oxygens (including phenoxy) is 2. The number of Topliss-reactive ketones (excluding diaryl/α,β-unsaturated/α-hetero) is 1. The Kier molecular flexibility index (Phi) is 4.00. The third kappa shape index (κ3) is 2.28. The molecule has 0 aromatic heterocycles. The number of carbonyl (C=O) groups excluding carboxylic acids is 1. The van der Waals surface area contributed by atoms with Gasteiger partial charge in [-0.25, -0.2) is 0 Å². The molecule has 18 heavy (non-hydrogen) atoms. The number of fused-ring (bicyclic) bond motifs is 1. The maximum absolute atomic E-state index is 11.8. The van der Waals surface area contributed by atoms with Crippen molar-refractivity contribution in [2.45, 2.75) is 19.4 Å². The lowest BCUT2D eigenvalue weighted by molar-refractivity contribution is 0.0449. The number of rotatable bonds is 3. The molecule has 0 saturated heterocycles. The highest BCUT2D eigenvalue weighted by Crippen LogP contribution is 2.45. The van der Waals surface area contributed by atoms with Crippen molar-refractivity contribution in [3.8, 4) is 11.5 Å². The van der Waals surface area contributed by atoms with Crippen LogP contribution in [0.3, 0.4) is 0 Å². The van der Waals surface area contributed by atoms with Gasteiger partial charge in [-0.2, -0.15) is 0 Å². The molecule has 2 rings (SSSR count). The Morgan fingerprint density at radius 1 is 1.50 bits per heavy atom. The van der Waals surface area contributed by atoms with Gasteiger partial charge in [0.1, 0.15) is 11.6 Å². The van der Waals surface area contributed by atoms with Gasteiger partial charge in [0.2, 0.25) is 0 Å². The van der Waals surface area contributed by atoms with Crippen LogP contribution in [0.1, 0.15) is 23.7 Å². The fraction of sp³-hybridized carbons (Fsp3) is 0.417. The summed E-state index contributed by atoms with van der Waals surface area (Å²) in [6.45, 7) is 1.72. The van der Waals surface area contributed by atoms with Gasteiger partial charge in [0, 0.05) is 6.42 Å². The van der Waals surface area contributed by atoms with Gasteiger partial charge in [0.25, 0.3) is 0 Å². The summed E-state index contributed by atoms with van der Waals surface area (Å²) in [4.78, 5) is 11.8. The molecule has 1 atom stereocenters. The van der Waals surface area contributed by atoms with E-state index in [0.717, 1.165) is 0 Å². The summed E-state index contributed by atoms with van der Waals surface area (Å²) in [6, 6.07) is 1.48. The third-order valence-corrected chi connectivity index (χ3v) is 3.42. The van der Waals surface area contributed by atoms with Crippen molar-refractivity contribution in [2.75, 3.05) is 13.2 Å². The van der Waals surface area contributed by atoms with Crippen molar-refractivity contribution in [2.24, 2.45) is 0 Å². The molecule has 4 nitrogen and oxygen atoms in total. The van der Waals surface area contributed by atoms with E-state index in [1.165, 1.54) is 6.07 Å². The molecule has 98 valence electrons. The molecule has 0 aliphatic carbocycles. The Hall–Kier alpha value is -0.970. The number of hydrogen-bond acceptors (Lipinski definition) is 4. The molecule has 0 radical (unpaired) electrons. The monoisotopic (exact) mass is 290 g/mol. The van der Waals surface area contributed by atoms with E-state index in [1.54, 1.807) is 6.92 Å². The van der Waals surface area contributed by atoms with E-state index in [4.69, 9.17) is 37.8 Å². The van der Waals surface area contributed by atoms with E-state index in [-0.39, 0.29) is 34.8 Å². The second kappa shape index (κ2) is 5.34. The zero-order valence-corrected chi connectivity index (χ0v) is 11.2. The highest BCUT2D eigenvalue weighted by molar-refractivity contribution is 6.43. The Bertz CT molecular complexity index is 487. The van der Waals surface area contributed by atoms with Gasteiger partial charge in [-0.1, -0.05) is 30.1 Å². The second-order valence-electron chi connectivity index (χ2n) is 3.89. The third-order valence-electron chi connectivity index (χ3n) is 2.65. The van der Waals surface area contributed by atoms with Crippen molar-refractivity contribution in [1.29, 1.82) is 0 Å². The Morgan fingerprint density at radius 3 is 2.83 bits per heavy atom. The molecular formula is C12H12Cl2O4. The summed E-state index contributed by atoms with van der Waals surface area (Å²) in [5.74, 6) is 0.433. The number of carbonyl (C=O) groups is 1. The number of halogens is 2. The van der Waals surface area contributed by atoms with Crippen LogP contribution >= 0.6 is 23.2 Å². The molecule has 1 N–H and O–H groups in total. The number of aliphatic hydroxyl groups is 1. The molecular weight excluding hydrogens is 279 g/mol. The van der Waals surface area contributed by atoms with Crippen molar-refractivity contribution in [3.05, 3.63) is 21.7 Å². The number of ketones is 1. The number of hydrogen-bond donors (Lipinski definition) is 1. The molecule has 1 unspecified atom stereocenters. The van der Waals surface area contributed by atoms with Gasteiger partial charge in [0.15, 0.2) is 23.4 Å². The summed E-state index contributed by atoms with van der Waals surface area (Å²) in [6.07, 6.45) is -0.171. The quantitative estimate of drug-likeness (QED) is 0.870. The van der Waals surface area contributed by atoms with Crippen molar-refractivity contribution in [3.63, 3.8) is 0 Å². The number of aliphatic hydroxyl groups excluding tert-OH is 1. The van der Waals surface area contributed by atoms with Crippen molar-refractivity contribution >= 4 is 29.0 Å². The average Bonchev–Trinajstić information content (AvgIpc) is 2.41. The van der Waals surface area contributed by atoms with Crippen LogP contribution in [0.4, 0.5) is 0 Å². The van der Waals surface area contributed by atoms with Crippen molar-refractivity contribution in [1.82, 2.24) is 0 Å². The highest BCUT2D eigenvalue weighted by atomic mass is 35.5. The van der Waals surface area contributed by atoms with E-state index in [9.17, 15) is 4.79 Å². The van der Waals surface area contributed by atoms with Gasteiger partial charge in [-0.3, -0.25) is 4.79 Å². The molecule has 6 heteroatoms. The Balaban J connectivity index is 2.53. The summed E-state index contributed by atoms with van der Waals surface area (Å²) in [5, 5.41) is 9.48. The van der Waals surface area contributed by atoms with Crippen LogP contribution in [0.15, 0.2) is 6.07 Å². The zero-order valence-electron chi connectivity index (χ0n) is 9.70. The lowest BCUT2D eigenvalue weighted by Crippen LogP contribution is -2.33. The van der Waals surface area contributed by atoms with Crippen LogP contribution in [-0.4, -0.2) is 30.2 Å². The first kappa shape index (κ1) is 13.5. The SMILES string of the molecule is CCC(=O)c1cc(Cl)c(Cl)c2c1OCC(CO)O2. The van der Waals surface area contributed by atoms with Crippen LogP contribution in [0.25, 0.3) is 0 Å². The van der Waals surface area contributed by atoms with Crippen LogP contribution in [0, 0.1) is 0 Å². The van der Waals surface area contributed by atoms with E-state index in [1.807, 2.05) is 0 Å². The molecule has 0 bridgehead atoms. The fourth-order valence-corrected chi connectivity index (χ4v) is 2.08. The van der Waals surface area contributed by atoms with Crippen LogP contribution in [0.5, 0.6) is 11.5 Å². The first-order valence-corrected chi connectivity index (χ1v) is 6.29. The van der Waals surface area contributed by atoms with Gasteiger partial charge < -0.3 is 14.6 Å². The summed E-state index contributed by atoms with van der Waals surface area (Å²) in [5.41, 5.74) is 0.360. The molecule has 1 aliphatic heterocycles. The molecule has 1 heterocycles. The first-order valence-electron chi connectivity index (χ1n) is 5.54. The first-order chi connectivity index (χ1) is 8.58. The lowest BCUT2D eigenvalue weighted by atomic mass is 10.1. The maximum Gasteiger partial charge on any atom is 0.182 e. The van der Waals surface area contributed by atoms with Gasteiger partial charge in [-0.05, 0) is 6.07 Å². The molecule has 0 amide bonds. The molecule has 0 saturated carbocycles. The van der Waals surface area contributed by atoms with E-state index in [0.29, 0.717) is 17.7 Å². The smallest absolute Gasteiger partial charge is 0.182 e. The van der Waals surface area contributed by atoms with Crippen LogP contribution < -0.4 is 9.47 Å². The fourth-order valence-electron chi connectivity index (χ4n) is 1.70. The molecule has 1 aliphatic rings. The van der Waals surface area contributed by atoms with Gasteiger partial charge >= 0.3 is 0 Å². The van der Waals surface area contributed by atoms with E-state index in [2.05, 4.69) is 0 Å². The standard InChI is InChI=1S/C12H12Cl2O4/c1-2-9(16)7-3-8(13)10(14)12-11(7)17-5-6(4-15)18-12/h3,6,15H,2,4-5H2,1H3. The van der Waals surface area contributed by atoms with E-state index < -0.39 is 6.10 Å². The van der Waals surface area contributed by atoms with Crippen molar-refractivity contribution < 1.29 is 19.4 Å². The molecule has 1 aromatic rings. The Morgan fingerprint density at radius 2 is 2.22 bits per heavy atom. The molecule has 0 fully saturated rings. The normalized spacial score (nSPS) is 17.7. The summed E-state index contributed by atoms with van der Waals surface area (Å²) in [7, 11) is 0. The lowest BCUT2D eigenvalue weighted by Gasteiger charge is -2.27. The minimum absolute atomic E-state index is 0.101. The average molecular weight is 291 g/mol. The molecule has 1 aromatic carbocycles.